The number of nitrogens with zero attached hydrogens (tertiary/aromatic N) is 2. The molecule has 4 nitrogen and oxygen atoms in total. The van der Waals surface area contributed by atoms with Crippen LogP contribution in [0.2, 0.25) is 0 Å². The van der Waals surface area contributed by atoms with Gasteiger partial charge in [-0.1, -0.05) is 130 Å². The first-order valence-corrected chi connectivity index (χ1v) is 21.0. The van der Waals surface area contributed by atoms with E-state index in [-0.39, 0.29) is 5.41 Å². The summed E-state index contributed by atoms with van der Waals surface area (Å²) in [5.74, 6) is 4.00. The molecule has 0 spiro atoms. The topological polar surface area (TPSA) is 24.9 Å². The highest BCUT2D eigenvalue weighted by Crippen LogP contribution is 2.54. The van der Waals surface area contributed by atoms with E-state index in [1.165, 1.54) is 54.9 Å². The van der Waals surface area contributed by atoms with Crippen LogP contribution in [0.15, 0.2) is 181 Å². The molecule has 0 bridgehead atoms. The van der Waals surface area contributed by atoms with Crippen molar-refractivity contribution in [2.24, 2.45) is 5.92 Å². The molecule has 2 heterocycles. The van der Waals surface area contributed by atoms with Crippen molar-refractivity contribution in [2.75, 3.05) is 9.80 Å². The molecule has 0 N–H and O–H groups in total. The summed E-state index contributed by atoms with van der Waals surface area (Å²) in [6, 6.07) is 57.0. The number of fused-ring (bicyclic) bond motifs is 9. The fourth-order valence-corrected chi connectivity index (χ4v) is 9.90. The largest absolute Gasteiger partial charge is 0.457 e. The Morgan fingerprint density at radius 1 is 0.533 bits per heavy atom. The smallest absolute Gasteiger partial charge is 0.151 e. The van der Waals surface area contributed by atoms with E-state index in [2.05, 4.69) is 182 Å². The number of rotatable bonds is 4. The molecule has 2 aliphatic carbocycles. The molecule has 0 saturated carbocycles. The van der Waals surface area contributed by atoms with Crippen molar-refractivity contribution in [3.05, 3.63) is 204 Å². The van der Waals surface area contributed by atoms with E-state index in [9.17, 15) is 0 Å². The number of allylic oxidation sites excluding steroid dienone is 3. The molecule has 1 unspecified atom stereocenters. The van der Waals surface area contributed by atoms with Crippen LogP contribution < -0.4 is 19.3 Å². The summed E-state index contributed by atoms with van der Waals surface area (Å²) in [6.45, 7) is 6.95. The van der Waals surface area contributed by atoms with Crippen LogP contribution in [0.3, 0.4) is 0 Å². The minimum absolute atomic E-state index is 0.171. The average molecular weight is 775 g/mol. The zero-order valence-corrected chi connectivity index (χ0v) is 33.8. The third kappa shape index (κ3) is 5.30. The van der Waals surface area contributed by atoms with Gasteiger partial charge in [-0.25, -0.2) is 0 Å². The molecular formula is C56H42N2O2. The summed E-state index contributed by atoms with van der Waals surface area (Å²) >= 11 is 0. The molecule has 60 heavy (non-hydrogen) atoms. The van der Waals surface area contributed by atoms with Crippen LogP contribution >= 0.6 is 0 Å². The Morgan fingerprint density at radius 2 is 1.07 bits per heavy atom. The number of para-hydroxylation sites is 6. The lowest BCUT2D eigenvalue weighted by atomic mass is 9.81. The molecule has 4 aliphatic rings. The van der Waals surface area contributed by atoms with E-state index < -0.39 is 0 Å². The summed E-state index contributed by atoms with van der Waals surface area (Å²) < 4.78 is 12.8. The van der Waals surface area contributed by atoms with Crippen molar-refractivity contribution in [1.29, 1.82) is 0 Å². The minimum Gasteiger partial charge on any atom is -0.457 e. The van der Waals surface area contributed by atoms with E-state index in [1.54, 1.807) is 0 Å². The lowest BCUT2D eigenvalue weighted by molar-refractivity contribution is 0.342. The molecule has 8 aromatic rings. The standard InChI is InChI=1S/C56H42N2O2/c1-35-11-10-15-51-55(35)60-54-18-9-6-14-50(54)58(51)40-25-29-43-39(33-40)24-23-38-31-36(21-27-42(38)43)19-20-37-22-28-44-45-30-26-41(34-47(45)56(2,3)46(44)32-37)57-48-12-4-7-16-52(48)59-53-17-8-5-13-49(53)57/h4-10,12-35H,11H2,1-3H3. The van der Waals surface area contributed by atoms with Crippen molar-refractivity contribution >= 4 is 62.1 Å². The third-order valence-corrected chi connectivity index (χ3v) is 13.0. The quantitative estimate of drug-likeness (QED) is 0.131. The van der Waals surface area contributed by atoms with Crippen LogP contribution in [0.5, 0.6) is 17.2 Å². The Balaban J connectivity index is 0.839. The van der Waals surface area contributed by atoms with Crippen LogP contribution in [0.1, 0.15) is 49.4 Å². The Labute approximate surface area is 350 Å². The van der Waals surface area contributed by atoms with Gasteiger partial charge < -0.3 is 19.3 Å². The van der Waals surface area contributed by atoms with E-state index >= 15 is 0 Å². The van der Waals surface area contributed by atoms with Gasteiger partial charge in [0.1, 0.15) is 5.76 Å². The molecule has 12 rings (SSSR count). The summed E-state index contributed by atoms with van der Waals surface area (Å²) in [6.07, 6.45) is 9.97. The summed E-state index contributed by atoms with van der Waals surface area (Å²) in [4.78, 5) is 4.69. The van der Waals surface area contributed by atoms with Gasteiger partial charge >= 0.3 is 0 Å². The first-order valence-electron chi connectivity index (χ1n) is 21.0. The highest BCUT2D eigenvalue weighted by atomic mass is 16.5. The fraction of sp³-hybridized carbons (Fsp3) is 0.107. The molecule has 1 atom stereocenters. The van der Waals surface area contributed by atoms with Gasteiger partial charge in [0.05, 0.1) is 22.8 Å². The van der Waals surface area contributed by atoms with Crippen molar-refractivity contribution in [2.45, 2.75) is 32.6 Å². The highest BCUT2D eigenvalue weighted by Gasteiger charge is 2.37. The van der Waals surface area contributed by atoms with Crippen LogP contribution in [0, 0.1) is 5.92 Å². The maximum absolute atomic E-state index is 6.46. The number of ether oxygens (including phenoxy) is 2. The minimum atomic E-state index is -0.171. The molecule has 0 saturated heterocycles. The third-order valence-electron chi connectivity index (χ3n) is 13.0. The van der Waals surface area contributed by atoms with Gasteiger partial charge in [0.15, 0.2) is 17.2 Å². The molecule has 0 aromatic heterocycles. The van der Waals surface area contributed by atoms with Crippen molar-refractivity contribution in [3.63, 3.8) is 0 Å². The second-order valence-corrected chi connectivity index (χ2v) is 17.0. The summed E-state index contributed by atoms with van der Waals surface area (Å²) in [5, 5.41) is 4.96. The van der Waals surface area contributed by atoms with Gasteiger partial charge in [-0.15, -0.1) is 0 Å². The maximum Gasteiger partial charge on any atom is 0.151 e. The zero-order valence-electron chi connectivity index (χ0n) is 33.8. The van der Waals surface area contributed by atoms with E-state index in [0.29, 0.717) is 5.92 Å². The van der Waals surface area contributed by atoms with Crippen molar-refractivity contribution in [3.8, 4) is 28.4 Å². The predicted octanol–water partition coefficient (Wildman–Crippen LogP) is 15.4. The molecule has 0 amide bonds. The maximum atomic E-state index is 6.46. The van der Waals surface area contributed by atoms with Crippen LogP contribution in [0.25, 0.3) is 44.8 Å². The SMILES string of the molecule is CC1CC=CC2=C1Oc1ccccc1N2c1ccc2c(ccc3cc(C=Cc4ccc5c(c4)C(C)(C)c4cc(N6c7ccccc7Oc7ccccc76)ccc4-5)ccc32)c1. The fourth-order valence-electron chi connectivity index (χ4n) is 9.90. The number of anilines is 5. The van der Waals surface area contributed by atoms with E-state index in [0.717, 1.165) is 63.6 Å². The van der Waals surface area contributed by atoms with Gasteiger partial charge in [-0.05, 0) is 134 Å². The highest BCUT2D eigenvalue weighted by molar-refractivity contribution is 6.09. The lowest BCUT2D eigenvalue weighted by Gasteiger charge is -2.37. The first kappa shape index (κ1) is 34.7. The first-order chi connectivity index (χ1) is 29.4. The molecule has 0 fully saturated rings. The Hall–Kier alpha value is -7.30. The Kier molecular flexibility index (Phi) is 7.58. The molecule has 0 radical (unpaired) electrons. The summed E-state index contributed by atoms with van der Waals surface area (Å²) in [7, 11) is 0. The Bertz CT molecular complexity index is 3160. The molecule has 4 heteroatoms. The number of hydrogen-bond acceptors (Lipinski definition) is 4. The predicted molar refractivity (Wildman–Crippen MR) is 248 cm³/mol. The van der Waals surface area contributed by atoms with Crippen LogP contribution in [-0.4, -0.2) is 0 Å². The van der Waals surface area contributed by atoms with E-state index in [4.69, 9.17) is 9.47 Å². The summed E-state index contributed by atoms with van der Waals surface area (Å²) in [5.41, 5.74) is 14.1. The normalized spacial score (nSPS) is 16.8. The van der Waals surface area contributed by atoms with Gasteiger partial charge in [0.2, 0.25) is 0 Å². The van der Waals surface area contributed by atoms with Crippen molar-refractivity contribution in [1.82, 2.24) is 0 Å². The van der Waals surface area contributed by atoms with Gasteiger partial charge in [0.25, 0.3) is 0 Å². The molecular weight excluding hydrogens is 733 g/mol. The van der Waals surface area contributed by atoms with Crippen LogP contribution in [-0.2, 0) is 5.41 Å². The number of hydrogen-bond donors (Lipinski definition) is 0. The Morgan fingerprint density at radius 3 is 1.78 bits per heavy atom. The van der Waals surface area contributed by atoms with E-state index in [1.807, 2.05) is 30.3 Å². The lowest BCUT2D eigenvalue weighted by Crippen LogP contribution is -2.27. The molecule has 288 valence electrons. The molecule has 2 aliphatic heterocycles. The second kappa shape index (κ2) is 13.1. The number of benzene rings is 8. The van der Waals surface area contributed by atoms with Gasteiger partial charge in [-0.2, -0.15) is 0 Å². The van der Waals surface area contributed by atoms with Gasteiger partial charge in [0, 0.05) is 22.7 Å². The molecule has 8 aromatic carbocycles. The van der Waals surface area contributed by atoms with Gasteiger partial charge in [-0.3, -0.25) is 0 Å². The van der Waals surface area contributed by atoms with Crippen molar-refractivity contribution < 1.29 is 9.47 Å². The van der Waals surface area contributed by atoms with Crippen LogP contribution in [0.4, 0.5) is 28.4 Å². The second-order valence-electron chi connectivity index (χ2n) is 17.0. The monoisotopic (exact) mass is 774 g/mol. The zero-order chi connectivity index (χ0) is 40.1. The average Bonchev–Trinajstić information content (AvgIpc) is 3.51.